The van der Waals surface area contributed by atoms with E-state index in [1.165, 1.54) is 11.1 Å². The molecule has 39 heavy (non-hydrogen) atoms. The molecule has 4 atom stereocenters. The van der Waals surface area contributed by atoms with Gasteiger partial charge in [0.05, 0.1) is 0 Å². The first-order valence-electron chi connectivity index (χ1n) is 13.7. The molecular weight excluding hydrogens is 635 g/mol. The Morgan fingerprint density at radius 3 is 1.92 bits per heavy atom. The molecule has 0 saturated carbocycles. The van der Waals surface area contributed by atoms with Gasteiger partial charge in [-0.3, -0.25) is 0 Å². The van der Waals surface area contributed by atoms with Crippen LogP contribution in [0.25, 0.3) is 0 Å². The quantitative estimate of drug-likeness (QED) is 0.217. The molecule has 0 heterocycles. The molecular formula is C32H48Cl2O2Si2Zr. The van der Waals surface area contributed by atoms with E-state index in [4.69, 9.17) is 25.9 Å². The minimum absolute atomic E-state index is 0.213. The van der Waals surface area contributed by atoms with E-state index in [9.17, 15) is 0 Å². The first-order valence-corrected chi connectivity index (χ1v) is 25.9. The molecule has 0 aromatic heterocycles. The molecule has 0 N–H and O–H groups in total. The third-order valence-electron chi connectivity index (χ3n) is 8.80. The van der Waals surface area contributed by atoms with Gasteiger partial charge in [0.15, 0.2) is 8.32 Å². The van der Waals surface area contributed by atoms with Crippen molar-refractivity contribution in [1.82, 2.24) is 0 Å². The zero-order chi connectivity index (χ0) is 29.8. The van der Waals surface area contributed by atoms with Crippen LogP contribution >= 0.6 is 17.0 Å². The Bertz CT molecular complexity index is 1080. The van der Waals surface area contributed by atoms with E-state index in [0.29, 0.717) is 11.8 Å². The number of rotatable bonds is 4. The van der Waals surface area contributed by atoms with Crippen molar-refractivity contribution >= 4 is 33.7 Å². The fourth-order valence-electron chi connectivity index (χ4n) is 4.35. The van der Waals surface area contributed by atoms with E-state index in [0.717, 1.165) is 11.3 Å². The molecule has 0 radical (unpaired) electrons. The van der Waals surface area contributed by atoms with Gasteiger partial charge in [0.1, 0.15) is 0 Å². The van der Waals surface area contributed by atoms with Crippen molar-refractivity contribution in [2.75, 3.05) is 0 Å². The average Bonchev–Trinajstić information content (AvgIpc) is 3.29. The van der Waals surface area contributed by atoms with E-state index in [1.807, 2.05) is 0 Å². The van der Waals surface area contributed by atoms with Crippen LogP contribution in [0.4, 0.5) is 0 Å². The van der Waals surface area contributed by atoms with Crippen molar-refractivity contribution < 1.29 is 29.7 Å². The van der Waals surface area contributed by atoms with Crippen LogP contribution in [0.15, 0.2) is 83.2 Å². The zero-order valence-electron chi connectivity index (χ0n) is 25.6. The van der Waals surface area contributed by atoms with E-state index >= 15 is 0 Å². The van der Waals surface area contributed by atoms with Gasteiger partial charge in [-0.1, -0.05) is 84.1 Å². The third-order valence-corrected chi connectivity index (χ3v) is 17.6. The van der Waals surface area contributed by atoms with Gasteiger partial charge >= 0.3 is 37.9 Å². The Hall–Kier alpha value is -0.423. The molecule has 4 aliphatic rings. The van der Waals surface area contributed by atoms with Crippen LogP contribution in [0.1, 0.15) is 41.5 Å². The summed E-state index contributed by atoms with van der Waals surface area (Å²) in [4.78, 5) is 0. The van der Waals surface area contributed by atoms with Gasteiger partial charge in [-0.15, -0.1) is 17.7 Å². The van der Waals surface area contributed by atoms with Crippen molar-refractivity contribution in [3.05, 3.63) is 97.1 Å². The SMILES string of the molecule is [CH2-]C1=C2C=CC=CC2C(O[Si](C)(C)C(C)(C)C)=C1.[CH2-]C1=CC(O[Si](C)(C)C(C)(C)C)C2C=CC=CC12.[Cl][Zr+2][Cl]. The molecule has 4 rings (SSSR count). The standard InChI is InChI=1S/C16H25OSi.C16H23OSi.2ClH.Zr/c2*1-12-11-15(14-10-8-7-9-13(12)14)17-18(5,6)16(2,3)4;;;/h7-11,13-15H,1H2,2-6H3;7-11,14H,1H2,2-6H3;2*1H;/q2*-1;;;+4/p-2. The second-order valence-electron chi connectivity index (χ2n) is 13.6. The van der Waals surface area contributed by atoms with E-state index < -0.39 is 37.5 Å². The van der Waals surface area contributed by atoms with Gasteiger partial charge in [0, 0.05) is 17.8 Å². The van der Waals surface area contributed by atoms with Gasteiger partial charge < -0.3 is 8.85 Å². The maximum atomic E-state index is 6.54. The monoisotopic (exact) mass is 680 g/mol. The summed E-state index contributed by atoms with van der Waals surface area (Å²) < 4.78 is 13.0. The molecule has 0 saturated heterocycles. The average molecular weight is 683 g/mol. The first-order chi connectivity index (χ1) is 17.9. The number of halogens is 2. The Kier molecular flexibility index (Phi) is 12.2. The minimum atomic E-state index is -1.76. The van der Waals surface area contributed by atoms with E-state index in [1.54, 1.807) is 0 Å². The third kappa shape index (κ3) is 8.79. The molecule has 4 unspecified atom stereocenters. The Morgan fingerprint density at radius 1 is 0.821 bits per heavy atom. The summed E-state index contributed by atoms with van der Waals surface area (Å²) in [6.07, 6.45) is 21.8. The molecule has 0 spiro atoms. The second kappa shape index (κ2) is 13.7. The summed E-state index contributed by atoms with van der Waals surface area (Å²) in [6, 6.07) is 0. The molecule has 214 valence electrons. The van der Waals surface area contributed by atoms with Crippen LogP contribution in [0.5, 0.6) is 0 Å². The molecule has 4 aliphatic carbocycles. The fraction of sp³-hybridized carbons (Fsp3) is 0.500. The van der Waals surface area contributed by atoms with Crippen LogP contribution in [0.3, 0.4) is 0 Å². The maximum absolute atomic E-state index is 6.54. The Balaban J connectivity index is 0.000000249. The van der Waals surface area contributed by atoms with Gasteiger partial charge in [0.25, 0.3) is 0 Å². The van der Waals surface area contributed by atoms with E-state index in [-0.39, 0.29) is 22.1 Å². The summed E-state index contributed by atoms with van der Waals surface area (Å²) in [5.74, 6) is 2.28. The van der Waals surface area contributed by atoms with Crippen molar-refractivity contribution in [1.29, 1.82) is 0 Å². The summed E-state index contributed by atoms with van der Waals surface area (Å²) in [7, 11) is 6.41. The first kappa shape index (κ1) is 34.8. The van der Waals surface area contributed by atoms with Gasteiger partial charge in [0.2, 0.25) is 8.32 Å². The summed E-state index contributed by atoms with van der Waals surface area (Å²) in [6.45, 7) is 31.2. The number of hydrogen-bond donors (Lipinski definition) is 0. The summed E-state index contributed by atoms with van der Waals surface area (Å²) >= 11 is -0.826. The van der Waals surface area contributed by atoms with Crippen molar-refractivity contribution in [2.24, 2.45) is 17.8 Å². The number of hydrogen-bond acceptors (Lipinski definition) is 2. The van der Waals surface area contributed by atoms with Crippen molar-refractivity contribution in [3.63, 3.8) is 0 Å². The van der Waals surface area contributed by atoms with Crippen LogP contribution in [-0.4, -0.2) is 22.7 Å². The molecule has 0 fully saturated rings. The molecule has 0 aliphatic heterocycles. The van der Waals surface area contributed by atoms with Crippen LogP contribution < -0.4 is 0 Å². The molecule has 2 nitrogen and oxygen atoms in total. The van der Waals surface area contributed by atoms with Crippen LogP contribution in [-0.2, 0) is 29.7 Å². The zero-order valence-corrected chi connectivity index (χ0v) is 31.5. The van der Waals surface area contributed by atoms with Crippen LogP contribution in [0.2, 0.25) is 36.3 Å². The van der Waals surface area contributed by atoms with Crippen molar-refractivity contribution in [3.8, 4) is 0 Å². The predicted molar refractivity (Wildman–Crippen MR) is 173 cm³/mol. The second-order valence-corrected chi connectivity index (χ2v) is 26.9. The predicted octanol–water partition coefficient (Wildman–Crippen LogP) is 10.7. The van der Waals surface area contributed by atoms with Gasteiger partial charge in [-0.05, 0) is 48.1 Å². The Morgan fingerprint density at radius 2 is 1.36 bits per heavy atom. The molecule has 0 amide bonds. The van der Waals surface area contributed by atoms with Crippen LogP contribution in [0, 0.1) is 31.6 Å². The number of allylic oxidation sites excluding steroid dienone is 10. The van der Waals surface area contributed by atoms with Gasteiger partial charge in [-0.2, -0.15) is 18.6 Å². The van der Waals surface area contributed by atoms with E-state index in [2.05, 4.69) is 142 Å². The normalized spacial score (nSPS) is 25.4. The topological polar surface area (TPSA) is 18.5 Å². The molecule has 0 aromatic carbocycles. The summed E-state index contributed by atoms with van der Waals surface area (Å²) in [5.41, 5.74) is 3.59. The van der Waals surface area contributed by atoms with Gasteiger partial charge in [-0.25, -0.2) is 12.5 Å². The Labute approximate surface area is 260 Å². The van der Waals surface area contributed by atoms with Crippen molar-refractivity contribution in [2.45, 2.75) is 83.9 Å². The molecule has 0 bridgehead atoms. The number of fused-ring (bicyclic) bond motifs is 2. The molecule has 0 aromatic rings. The fourth-order valence-corrected chi connectivity index (χ4v) is 6.69. The summed E-state index contributed by atoms with van der Waals surface area (Å²) in [5, 5.41) is 0.487. The molecule has 7 heteroatoms.